The number of hydrogen-bond acceptors (Lipinski definition) is 3. The SMILES string of the molecule is COc1cc(C(=O)O)c(Nc2ccc(F)cc2C)cc1C(F)(F)F. The average Bonchev–Trinajstić information content (AvgIpc) is 2.48. The van der Waals surface area contributed by atoms with E-state index < -0.39 is 34.8 Å². The van der Waals surface area contributed by atoms with E-state index in [1.54, 1.807) is 6.92 Å². The first-order chi connectivity index (χ1) is 11.1. The highest BCUT2D eigenvalue weighted by molar-refractivity contribution is 5.96. The van der Waals surface area contributed by atoms with Crippen molar-refractivity contribution in [3.8, 4) is 5.75 Å². The number of carboxylic acids is 1. The Hall–Kier alpha value is -2.77. The fourth-order valence-electron chi connectivity index (χ4n) is 2.16. The van der Waals surface area contributed by atoms with Gasteiger partial charge in [0.2, 0.25) is 0 Å². The third kappa shape index (κ3) is 3.58. The fourth-order valence-corrected chi connectivity index (χ4v) is 2.16. The van der Waals surface area contributed by atoms with E-state index in [2.05, 4.69) is 10.1 Å². The first-order valence-electron chi connectivity index (χ1n) is 6.69. The van der Waals surface area contributed by atoms with Gasteiger partial charge in [-0.05, 0) is 42.8 Å². The topological polar surface area (TPSA) is 58.6 Å². The Bertz CT molecular complexity index is 788. The van der Waals surface area contributed by atoms with Gasteiger partial charge in [0.25, 0.3) is 0 Å². The van der Waals surface area contributed by atoms with Gasteiger partial charge in [-0.25, -0.2) is 9.18 Å². The van der Waals surface area contributed by atoms with Crippen molar-refractivity contribution in [3.05, 3.63) is 52.8 Å². The smallest absolute Gasteiger partial charge is 0.420 e. The lowest BCUT2D eigenvalue weighted by atomic mass is 10.1. The lowest BCUT2D eigenvalue weighted by Crippen LogP contribution is -2.11. The predicted molar refractivity (Wildman–Crippen MR) is 79.4 cm³/mol. The summed E-state index contributed by atoms with van der Waals surface area (Å²) in [7, 11) is 1.02. The van der Waals surface area contributed by atoms with Crippen molar-refractivity contribution in [1.29, 1.82) is 0 Å². The molecule has 0 aliphatic rings. The summed E-state index contributed by atoms with van der Waals surface area (Å²) in [4.78, 5) is 11.3. The number of nitrogens with one attached hydrogen (secondary N) is 1. The number of alkyl halides is 3. The minimum absolute atomic E-state index is 0.273. The Balaban J connectivity index is 2.60. The zero-order chi connectivity index (χ0) is 18.1. The summed E-state index contributed by atoms with van der Waals surface area (Å²) in [5.41, 5.74) is -1.08. The molecule has 0 atom stereocenters. The summed E-state index contributed by atoms with van der Waals surface area (Å²) in [5.74, 6) is -2.53. The molecule has 0 fully saturated rings. The molecule has 0 bridgehead atoms. The molecule has 0 amide bonds. The maximum Gasteiger partial charge on any atom is 0.420 e. The fraction of sp³-hybridized carbons (Fsp3) is 0.188. The normalized spacial score (nSPS) is 11.2. The van der Waals surface area contributed by atoms with E-state index in [-0.39, 0.29) is 11.4 Å². The summed E-state index contributed by atoms with van der Waals surface area (Å²) < 4.78 is 57.1. The van der Waals surface area contributed by atoms with Crippen LogP contribution in [0.2, 0.25) is 0 Å². The number of aryl methyl sites for hydroxylation is 1. The van der Waals surface area contributed by atoms with Crippen LogP contribution >= 0.6 is 0 Å². The molecule has 2 rings (SSSR count). The van der Waals surface area contributed by atoms with Gasteiger partial charge in [0.05, 0.1) is 23.9 Å². The maximum absolute atomic E-state index is 13.1. The van der Waals surface area contributed by atoms with Crippen molar-refractivity contribution in [2.24, 2.45) is 0 Å². The number of carbonyl (C=O) groups is 1. The number of anilines is 2. The molecule has 24 heavy (non-hydrogen) atoms. The van der Waals surface area contributed by atoms with Gasteiger partial charge >= 0.3 is 12.1 Å². The maximum atomic E-state index is 13.1. The number of methoxy groups -OCH3 is 1. The Morgan fingerprint density at radius 1 is 1.17 bits per heavy atom. The molecule has 2 aromatic carbocycles. The first kappa shape index (κ1) is 17.6. The minimum atomic E-state index is -4.73. The van der Waals surface area contributed by atoms with E-state index in [1.165, 1.54) is 12.1 Å². The van der Waals surface area contributed by atoms with E-state index >= 15 is 0 Å². The predicted octanol–water partition coefficient (Wildman–Crippen LogP) is 4.60. The molecule has 128 valence electrons. The van der Waals surface area contributed by atoms with Gasteiger partial charge in [-0.15, -0.1) is 0 Å². The van der Waals surface area contributed by atoms with Gasteiger partial charge < -0.3 is 15.2 Å². The lowest BCUT2D eigenvalue weighted by Gasteiger charge is -2.17. The van der Waals surface area contributed by atoms with Crippen LogP contribution in [-0.4, -0.2) is 18.2 Å². The second-order valence-electron chi connectivity index (χ2n) is 4.99. The number of aromatic carboxylic acids is 1. The van der Waals surface area contributed by atoms with Crippen LogP contribution in [0.1, 0.15) is 21.5 Å². The molecular weight excluding hydrogens is 330 g/mol. The monoisotopic (exact) mass is 343 g/mol. The van der Waals surface area contributed by atoms with E-state index in [0.717, 1.165) is 19.2 Å². The number of ether oxygens (including phenoxy) is 1. The number of hydrogen-bond donors (Lipinski definition) is 2. The second-order valence-corrected chi connectivity index (χ2v) is 4.99. The van der Waals surface area contributed by atoms with E-state index in [4.69, 9.17) is 0 Å². The third-order valence-electron chi connectivity index (χ3n) is 3.33. The van der Waals surface area contributed by atoms with Gasteiger partial charge in [-0.3, -0.25) is 0 Å². The Kier molecular flexibility index (Phi) is 4.68. The molecule has 0 unspecified atom stereocenters. The molecule has 4 nitrogen and oxygen atoms in total. The van der Waals surface area contributed by atoms with Gasteiger partial charge in [-0.1, -0.05) is 0 Å². The summed E-state index contributed by atoms with van der Waals surface area (Å²) in [6.45, 7) is 1.54. The van der Waals surface area contributed by atoms with Crippen LogP contribution in [0.4, 0.5) is 28.9 Å². The van der Waals surface area contributed by atoms with Gasteiger partial charge in [0, 0.05) is 5.69 Å². The molecule has 0 saturated carbocycles. The molecular formula is C16H13F4NO3. The number of rotatable bonds is 4. The molecule has 0 aromatic heterocycles. The Morgan fingerprint density at radius 2 is 1.83 bits per heavy atom. The zero-order valence-electron chi connectivity index (χ0n) is 12.7. The number of benzene rings is 2. The van der Waals surface area contributed by atoms with Gasteiger partial charge in [-0.2, -0.15) is 13.2 Å². The highest BCUT2D eigenvalue weighted by Crippen LogP contribution is 2.40. The van der Waals surface area contributed by atoms with Crippen LogP contribution in [0.5, 0.6) is 5.75 Å². The average molecular weight is 343 g/mol. The molecule has 0 heterocycles. The van der Waals surface area contributed by atoms with Crippen molar-refractivity contribution in [2.45, 2.75) is 13.1 Å². The standard InChI is InChI=1S/C16H13F4NO3/c1-8-5-9(17)3-4-12(8)21-13-7-11(16(18,19)20)14(24-2)6-10(13)15(22)23/h3-7,21H,1-2H3,(H,22,23). The second kappa shape index (κ2) is 6.38. The summed E-state index contributed by atoms with van der Waals surface area (Å²) in [6.07, 6.45) is -4.73. The first-order valence-corrected chi connectivity index (χ1v) is 6.69. The molecule has 0 spiro atoms. The third-order valence-corrected chi connectivity index (χ3v) is 3.33. The number of carboxylic acid groups (broad SMARTS) is 1. The molecule has 2 aromatic rings. The van der Waals surface area contributed by atoms with E-state index in [9.17, 15) is 27.5 Å². The van der Waals surface area contributed by atoms with Crippen LogP contribution in [0.15, 0.2) is 30.3 Å². The highest BCUT2D eigenvalue weighted by Gasteiger charge is 2.36. The zero-order valence-corrected chi connectivity index (χ0v) is 12.7. The van der Waals surface area contributed by atoms with Crippen molar-refractivity contribution >= 4 is 17.3 Å². The van der Waals surface area contributed by atoms with E-state index in [0.29, 0.717) is 11.6 Å². The quantitative estimate of drug-likeness (QED) is 0.797. The molecule has 0 aliphatic heterocycles. The largest absolute Gasteiger partial charge is 0.496 e. The molecule has 8 heteroatoms. The van der Waals surface area contributed by atoms with E-state index in [1.807, 2.05) is 0 Å². The highest BCUT2D eigenvalue weighted by atomic mass is 19.4. The van der Waals surface area contributed by atoms with Crippen molar-refractivity contribution in [2.75, 3.05) is 12.4 Å². The van der Waals surface area contributed by atoms with Crippen LogP contribution in [0.25, 0.3) is 0 Å². The Morgan fingerprint density at radius 3 is 2.33 bits per heavy atom. The summed E-state index contributed by atoms with van der Waals surface area (Å²) >= 11 is 0. The molecule has 0 saturated heterocycles. The van der Waals surface area contributed by atoms with Crippen molar-refractivity contribution in [1.82, 2.24) is 0 Å². The van der Waals surface area contributed by atoms with Crippen LogP contribution in [-0.2, 0) is 6.18 Å². The van der Waals surface area contributed by atoms with Crippen molar-refractivity contribution in [3.63, 3.8) is 0 Å². The minimum Gasteiger partial charge on any atom is -0.496 e. The Labute approximate surface area is 134 Å². The van der Waals surface area contributed by atoms with Crippen LogP contribution in [0, 0.1) is 12.7 Å². The van der Waals surface area contributed by atoms with Crippen molar-refractivity contribution < 1.29 is 32.2 Å². The summed E-state index contributed by atoms with van der Waals surface area (Å²) in [5, 5.41) is 11.8. The van der Waals surface area contributed by atoms with Crippen LogP contribution < -0.4 is 10.1 Å². The van der Waals surface area contributed by atoms with Gasteiger partial charge in [0.15, 0.2) is 0 Å². The number of halogens is 4. The lowest BCUT2D eigenvalue weighted by molar-refractivity contribution is -0.138. The molecule has 0 radical (unpaired) electrons. The van der Waals surface area contributed by atoms with Gasteiger partial charge in [0.1, 0.15) is 11.6 Å². The molecule has 2 N–H and O–H groups in total. The van der Waals surface area contributed by atoms with Crippen LogP contribution in [0.3, 0.4) is 0 Å². The summed E-state index contributed by atoms with van der Waals surface area (Å²) in [6, 6.07) is 5.06. The molecule has 0 aliphatic carbocycles.